The van der Waals surface area contributed by atoms with Crippen LogP contribution in [-0.4, -0.2) is 20.1 Å². The zero-order valence-corrected chi connectivity index (χ0v) is 8.29. The highest BCUT2D eigenvalue weighted by molar-refractivity contribution is 7.86. The second kappa shape index (κ2) is 2.65. The van der Waals surface area contributed by atoms with Gasteiger partial charge in [-0.3, -0.25) is 0 Å². The summed E-state index contributed by atoms with van der Waals surface area (Å²) in [6.07, 6.45) is 1.71. The molecule has 0 saturated heterocycles. The van der Waals surface area contributed by atoms with Crippen LogP contribution in [0.25, 0.3) is 0 Å². The first-order chi connectivity index (χ1) is 6.30. The van der Waals surface area contributed by atoms with Crippen LogP contribution in [0.15, 0.2) is 0 Å². The second-order valence-corrected chi connectivity index (χ2v) is 5.63. The summed E-state index contributed by atoms with van der Waals surface area (Å²) in [5, 5.41) is 0. The molecule has 6 heteroatoms. The molecule has 0 aliphatic heterocycles. The molecule has 0 heterocycles. The van der Waals surface area contributed by atoms with Gasteiger partial charge in [0, 0.05) is 5.92 Å². The van der Waals surface area contributed by atoms with Crippen molar-refractivity contribution in [3.63, 3.8) is 0 Å². The maximum absolute atomic E-state index is 13.3. The molecule has 0 amide bonds. The van der Waals surface area contributed by atoms with Crippen molar-refractivity contribution in [3.05, 3.63) is 0 Å². The Morgan fingerprint density at radius 1 is 1.29 bits per heavy atom. The van der Waals surface area contributed by atoms with Gasteiger partial charge in [-0.25, -0.2) is 8.78 Å². The Hall–Kier alpha value is -0.260. The van der Waals surface area contributed by atoms with Gasteiger partial charge in [0.2, 0.25) is 0 Å². The molecule has 2 fully saturated rings. The van der Waals surface area contributed by atoms with Crippen LogP contribution in [0.2, 0.25) is 0 Å². The number of rotatable bonds is 2. The molecule has 2 atom stereocenters. The van der Waals surface area contributed by atoms with Crippen molar-refractivity contribution in [2.45, 2.75) is 31.6 Å². The van der Waals surface area contributed by atoms with E-state index in [0.29, 0.717) is 19.3 Å². The maximum atomic E-state index is 13.3. The molecule has 14 heavy (non-hydrogen) atoms. The molecule has 0 radical (unpaired) electrons. The largest absolute Gasteiger partial charge is 0.303 e. The lowest BCUT2D eigenvalue weighted by atomic mass is 9.90. The number of halogens is 3. The molecule has 0 aromatic rings. The van der Waals surface area contributed by atoms with E-state index < -0.39 is 33.2 Å². The molecule has 0 bridgehead atoms. The fourth-order valence-corrected chi connectivity index (χ4v) is 3.91. The summed E-state index contributed by atoms with van der Waals surface area (Å²) >= 11 is 0. The predicted octanol–water partition coefficient (Wildman–Crippen LogP) is 2.11. The fraction of sp³-hybridized carbons (Fsp3) is 1.00. The average molecular weight is 228 g/mol. The Morgan fingerprint density at radius 3 is 2.43 bits per heavy atom. The molecule has 0 aromatic carbocycles. The van der Waals surface area contributed by atoms with Gasteiger partial charge in [0.05, 0.1) is 11.2 Å². The van der Waals surface area contributed by atoms with E-state index in [4.69, 9.17) is 0 Å². The van der Waals surface area contributed by atoms with Gasteiger partial charge >= 0.3 is 10.2 Å². The second-order valence-electron chi connectivity index (χ2n) is 4.26. The summed E-state index contributed by atoms with van der Waals surface area (Å²) < 4.78 is 59.8. The zero-order chi connectivity index (χ0) is 10.6. The quantitative estimate of drug-likeness (QED) is 0.678. The summed E-state index contributed by atoms with van der Waals surface area (Å²) in [6.45, 7) is 0. The number of hydrogen-bond acceptors (Lipinski definition) is 2. The maximum Gasteiger partial charge on any atom is 0.303 e. The van der Waals surface area contributed by atoms with Crippen molar-refractivity contribution in [1.82, 2.24) is 0 Å². The van der Waals surface area contributed by atoms with Crippen LogP contribution in [0.3, 0.4) is 0 Å². The van der Waals surface area contributed by atoms with Crippen LogP contribution in [0, 0.1) is 11.3 Å². The predicted molar refractivity (Wildman–Crippen MR) is 44.2 cm³/mol. The molecule has 0 spiro atoms. The monoisotopic (exact) mass is 228 g/mol. The highest BCUT2D eigenvalue weighted by Gasteiger charge is 2.80. The van der Waals surface area contributed by atoms with Gasteiger partial charge in [-0.1, -0.05) is 12.8 Å². The highest BCUT2D eigenvalue weighted by atomic mass is 32.3. The Labute approximate surface area is 80.7 Å². The van der Waals surface area contributed by atoms with E-state index in [2.05, 4.69) is 0 Å². The molecule has 2 rings (SSSR count). The molecule has 0 aromatic heterocycles. The molecule has 2 saturated carbocycles. The third kappa shape index (κ3) is 1.26. The Kier molecular flexibility index (Phi) is 1.94. The van der Waals surface area contributed by atoms with E-state index in [0.717, 1.165) is 0 Å². The van der Waals surface area contributed by atoms with Gasteiger partial charge in [-0.2, -0.15) is 8.42 Å². The number of hydrogen-bond donors (Lipinski definition) is 0. The van der Waals surface area contributed by atoms with Crippen molar-refractivity contribution in [3.8, 4) is 0 Å². The van der Waals surface area contributed by atoms with Crippen LogP contribution < -0.4 is 0 Å². The molecule has 0 N–H and O–H groups in total. The third-order valence-electron chi connectivity index (χ3n) is 3.48. The lowest BCUT2D eigenvalue weighted by Gasteiger charge is -2.17. The summed E-state index contributed by atoms with van der Waals surface area (Å²) in [6, 6.07) is 0. The van der Waals surface area contributed by atoms with Gasteiger partial charge in [-0.15, -0.1) is 3.89 Å². The smallest absolute Gasteiger partial charge is 0.206 e. The Morgan fingerprint density at radius 2 is 1.93 bits per heavy atom. The van der Waals surface area contributed by atoms with E-state index in [-0.39, 0.29) is 6.42 Å². The average Bonchev–Trinajstić information content (AvgIpc) is 2.46. The minimum atomic E-state index is -4.79. The molecular formula is C8H11F3O2S. The molecule has 2 unspecified atom stereocenters. The van der Waals surface area contributed by atoms with Gasteiger partial charge in [0.15, 0.2) is 0 Å². The standard InChI is InChI=1S/C8H11F3O2S/c9-8(10)6-3-1-2-4-7(6,8)5-14(11,12)13/h6H,1-5H2. The Bertz CT molecular complexity index is 352. The van der Waals surface area contributed by atoms with Crippen LogP contribution in [-0.2, 0) is 10.2 Å². The molecule has 2 nitrogen and oxygen atoms in total. The van der Waals surface area contributed by atoms with Gasteiger partial charge in [0.1, 0.15) is 0 Å². The van der Waals surface area contributed by atoms with Crippen molar-refractivity contribution < 1.29 is 21.1 Å². The fourth-order valence-electron chi connectivity index (χ4n) is 2.76. The van der Waals surface area contributed by atoms with Crippen molar-refractivity contribution in [2.24, 2.45) is 11.3 Å². The Balaban J connectivity index is 2.24. The first kappa shape index (κ1) is 10.3. The van der Waals surface area contributed by atoms with E-state index >= 15 is 0 Å². The molecular weight excluding hydrogens is 217 g/mol. The summed E-state index contributed by atoms with van der Waals surface area (Å²) in [4.78, 5) is 0. The van der Waals surface area contributed by atoms with Crippen molar-refractivity contribution in [1.29, 1.82) is 0 Å². The highest BCUT2D eigenvalue weighted by Crippen LogP contribution is 2.72. The minimum absolute atomic E-state index is 0.133. The lowest BCUT2D eigenvalue weighted by Crippen LogP contribution is -2.22. The van der Waals surface area contributed by atoms with E-state index in [1.54, 1.807) is 0 Å². The zero-order valence-electron chi connectivity index (χ0n) is 7.47. The van der Waals surface area contributed by atoms with Crippen LogP contribution in [0.1, 0.15) is 25.7 Å². The molecule has 82 valence electrons. The van der Waals surface area contributed by atoms with Gasteiger partial charge in [0.25, 0.3) is 5.92 Å². The van der Waals surface area contributed by atoms with Crippen molar-refractivity contribution >= 4 is 10.2 Å². The van der Waals surface area contributed by atoms with E-state index in [1.807, 2.05) is 0 Å². The van der Waals surface area contributed by atoms with Gasteiger partial charge < -0.3 is 0 Å². The van der Waals surface area contributed by atoms with E-state index in [1.165, 1.54) is 0 Å². The SMILES string of the molecule is O=S(=O)(F)CC12CCCCC1C2(F)F. The number of fused-ring (bicyclic) bond motifs is 1. The van der Waals surface area contributed by atoms with E-state index in [9.17, 15) is 21.1 Å². The lowest BCUT2D eigenvalue weighted by molar-refractivity contribution is 0.0627. The van der Waals surface area contributed by atoms with Crippen LogP contribution in [0.4, 0.5) is 12.7 Å². The topological polar surface area (TPSA) is 34.1 Å². The van der Waals surface area contributed by atoms with Gasteiger partial charge in [-0.05, 0) is 12.8 Å². The molecule has 2 aliphatic rings. The first-order valence-electron chi connectivity index (χ1n) is 4.60. The summed E-state index contributed by atoms with van der Waals surface area (Å²) in [5.74, 6) is -4.88. The van der Waals surface area contributed by atoms with Crippen molar-refractivity contribution in [2.75, 3.05) is 5.75 Å². The summed E-state index contributed by atoms with van der Waals surface area (Å²) in [5.41, 5.74) is -1.57. The summed E-state index contributed by atoms with van der Waals surface area (Å²) in [7, 11) is -4.79. The normalized spacial score (nSPS) is 40.4. The number of alkyl halides is 2. The third-order valence-corrected chi connectivity index (χ3v) is 4.34. The minimum Gasteiger partial charge on any atom is -0.206 e. The van der Waals surface area contributed by atoms with Crippen LogP contribution >= 0.6 is 0 Å². The molecule has 2 aliphatic carbocycles. The van der Waals surface area contributed by atoms with Crippen LogP contribution in [0.5, 0.6) is 0 Å². The first-order valence-corrected chi connectivity index (χ1v) is 6.15.